The zero-order valence-electron chi connectivity index (χ0n) is 10.1. The molecule has 96 valence electrons. The van der Waals surface area contributed by atoms with Crippen molar-refractivity contribution in [1.82, 2.24) is 4.72 Å². The van der Waals surface area contributed by atoms with E-state index in [1.807, 2.05) is 0 Å². The van der Waals surface area contributed by atoms with Crippen LogP contribution in [-0.2, 0) is 16.6 Å². The van der Waals surface area contributed by atoms with Gasteiger partial charge in [-0.15, -0.1) is 0 Å². The lowest BCUT2D eigenvalue weighted by molar-refractivity contribution is 0.491. The molecule has 0 aliphatic carbocycles. The van der Waals surface area contributed by atoms with Gasteiger partial charge in [-0.05, 0) is 38.5 Å². The van der Waals surface area contributed by atoms with Gasteiger partial charge in [-0.1, -0.05) is 17.7 Å². The van der Waals surface area contributed by atoms with Crippen LogP contribution in [0.15, 0.2) is 23.1 Å². The third-order valence-corrected chi connectivity index (χ3v) is 4.20. The molecule has 0 spiro atoms. The highest BCUT2D eigenvalue weighted by molar-refractivity contribution is 7.89. The van der Waals surface area contributed by atoms with E-state index in [2.05, 4.69) is 4.72 Å². The average molecular weight is 277 g/mol. The molecule has 6 heteroatoms. The predicted octanol–water partition coefficient (Wildman–Crippen LogP) is 1.88. The first kappa shape index (κ1) is 14.4. The minimum Gasteiger partial charge on any atom is -0.326 e. The van der Waals surface area contributed by atoms with Gasteiger partial charge in [0.05, 0.1) is 5.02 Å². The summed E-state index contributed by atoms with van der Waals surface area (Å²) >= 11 is 5.95. The molecule has 3 N–H and O–H groups in total. The quantitative estimate of drug-likeness (QED) is 0.885. The zero-order valence-corrected chi connectivity index (χ0v) is 11.7. The lowest BCUT2D eigenvalue weighted by Crippen LogP contribution is -2.40. The number of hydrogen-bond acceptors (Lipinski definition) is 3. The molecule has 1 aromatic carbocycles. The molecule has 0 bridgehead atoms. The molecule has 0 fully saturated rings. The van der Waals surface area contributed by atoms with E-state index in [1.54, 1.807) is 32.9 Å². The van der Waals surface area contributed by atoms with Crippen LogP contribution in [0.4, 0.5) is 0 Å². The van der Waals surface area contributed by atoms with E-state index in [4.69, 9.17) is 17.3 Å². The van der Waals surface area contributed by atoms with Crippen LogP contribution in [0, 0.1) is 0 Å². The Hall–Kier alpha value is -0.620. The van der Waals surface area contributed by atoms with Crippen LogP contribution in [0.5, 0.6) is 0 Å². The van der Waals surface area contributed by atoms with E-state index < -0.39 is 15.6 Å². The van der Waals surface area contributed by atoms with E-state index in [-0.39, 0.29) is 9.92 Å². The van der Waals surface area contributed by atoms with E-state index in [1.165, 1.54) is 6.07 Å². The Morgan fingerprint density at radius 2 is 1.94 bits per heavy atom. The van der Waals surface area contributed by atoms with Crippen molar-refractivity contribution < 1.29 is 8.42 Å². The fraction of sp³-hybridized carbons (Fsp3) is 0.455. The Morgan fingerprint density at radius 3 is 2.35 bits per heavy atom. The van der Waals surface area contributed by atoms with Crippen molar-refractivity contribution >= 4 is 21.6 Å². The Kier molecular flexibility index (Phi) is 4.19. The molecule has 0 saturated carbocycles. The van der Waals surface area contributed by atoms with Crippen LogP contribution >= 0.6 is 11.6 Å². The number of nitrogens with one attached hydrogen (secondary N) is 1. The highest BCUT2D eigenvalue weighted by atomic mass is 35.5. The lowest BCUT2D eigenvalue weighted by Gasteiger charge is -2.20. The lowest BCUT2D eigenvalue weighted by atomic mass is 10.1. The number of sulfonamides is 1. The summed E-state index contributed by atoms with van der Waals surface area (Å²) in [6, 6.07) is 4.69. The highest BCUT2D eigenvalue weighted by Gasteiger charge is 2.24. The second-order valence-electron chi connectivity index (χ2n) is 4.82. The van der Waals surface area contributed by atoms with Crippen LogP contribution in [0.3, 0.4) is 0 Å². The number of halogens is 1. The van der Waals surface area contributed by atoms with Gasteiger partial charge in [-0.3, -0.25) is 0 Å². The SMILES string of the molecule is CC(C)(C)NS(=O)(=O)c1ccc(CN)cc1Cl. The van der Waals surface area contributed by atoms with Crippen LogP contribution in [0.1, 0.15) is 26.3 Å². The van der Waals surface area contributed by atoms with Crippen molar-refractivity contribution in [3.8, 4) is 0 Å². The molecule has 4 nitrogen and oxygen atoms in total. The maximum atomic E-state index is 12.0. The first-order chi connectivity index (χ1) is 7.65. The van der Waals surface area contributed by atoms with Gasteiger partial charge < -0.3 is 5.73 Å². The molecule has 17 heavy (non-hydrogen) atoms. The first-order valence-electron chi connectivity index (χ1n) is 5.18. The number of benzene rings is 1. The molecule has 0 aliphatic rings. The van der Waals surface area contributed by atoms with Gasteiger partial charge in [-0.2, -0.15) is 0 Å². The van der Waals surface area contributed by atoms with Crippen LogP contribution in [-0.4, -0.2) is 14.0 Å². The summed E-state index contributed by atoms with van der Waals surface area (Å²) in [7, 11) is -3.60. The Morgan fingerprint density at radius 1 is 1.35 bits per heavy atom. The normalized spacial score (nSPS) is 12.8. The molecule has 1 rings (SSSR count). The van der Waals surface area contributed by atoms with Crippen LogP contribution in [0.2, 0.25) is 5.02 Å². The van der Waals surface area contributed by atoms with Gasteiger partial charge >= 0.3 is 0 Å². The molecule has 0 radical (unpaired) electrons. The number of rotatable bonds is 3. The summed E-state index contributed by atoms with van der Waals surface area (Å²) in [5, 5.41) is 0.185. The molecule has 0 atom stereocenters. The number of hydrogen-bond donors (Lipinski definition) is 2. The van der Waals surface area contributed by atoms with Gasteiger partial charge in [0.2, 0.25) is 10.0 Å². The summed E-state index contributed by atoms with van der Waals surface area (Å²) < 4.78 is 26.6. The van der Waals surface area contributed by atoms with Crippen LogP contribution in [0.25, 0.3) is 0 Å². The molecule has 0 aliphatic heterocycles. The molecular weight excluding hydrogens is 260 g/mol. The summed E-state index contributed by atoms with van der Waals surface area (Å²) in [5.41, 5.74) is 5.70. The largest absolute Gasteiger partial charge is 0.326 e. The van der Waals surface area contributed by atoms with E-state index >= 15 is 0 Å². The average Bonchev–Trinajstić information content (AvgIpc) is 2.13. The standard InChI is InChI=1S/C11H17ClN2O2S/c1-11(2,3)14-17(15,16)10-5-4-8(7-13)6-9(10)12/h4-6,14H,7,13H2,1-3H3. The maximum Gasteiger partial charge on any atom is 0.242 e. The summed E-state index contributed by atoms with van der Waals surface area (Å²) in [5.74, 6) is 0. The molecule has 0 aromatic heterocycles. The summed E-state index contributed by atoms with van der Waals surface area (Å²) in [6.45, 7) is 5.64. The smallest absolute Gasteiger partial charge is 0.242 e. The Bertz CT molecular complexity index is 507. The number of nitrogens with two attached hydrogens (primary N) is 1. The second-order valence-corrected chi connectivity index (χ2v) is 6.88. The van der Waals surface area contributed by atoms with E-state index in [0.717, 1.165) is 5.56 Å². The van der Waals surface area contributed by atoms with E-state index in [9.17, 15) is 8.42 Å². The van der Waals surface area contributed by atoms with Crippen molar-refractivity contribution in [2.75, 3.05) is 0 Å². The molecule has 0 amide bonds. The van der Waals surface area contributed by atoms with Gasteiger partial charge in [0.15, 0.2) is 0 Å². The van der Waals surface area contributed by atoms with Gasteiger partial charge in [0.1, 0.15) is 4.90 Å². The third kappa shape index (κ3) is 3.96. The van der Waals surface area contributed by atoms with Crippen molar-refractivity contribution in [1.29, 1.82) is 0 Å². The van der Waals surface area contributed by atoms with Crippen molar-refractivity contribution in [3.63, 3.8) is 0 Å². The predicted molar refractivity (Wildman–Crippen MR) is 69.4 cm³/mol. The summed E-state index contributed by atoms with van der Waals surface area (Å²) in [4.78, 5) is 0.0753. The van der Waals surface area contributed by atoms with Crippen molar-refractivity contribution in [2.24, 2.45) is 5.73 Å². The summed E-state index contributed by atoms with van der Waals surface area (Å²) in [6.07, 6.45) is 0. The molecule has 0 heterocycles. The molecule has 0 unspecified atom stereocenters. The third-order valence-electron chi connectivity index (χ3n) is 1.96. The van der Waals surface area contributed by atoms with Crippen molar-refractivity contribution in [2.45, 2.75) is 37.8 Å². The van der Waals surface area contributed by atoms with Gasteiger partial charge in [0, 0.05) is 12.1 Å². The monoisotopic (exact) mass is 276 g/mol. The fourth-order valence-electron chi connectivity index (χ4n) is 1.35. The second kappa shape index (κ2) is 4.94. The fourth-order valence-corrected chi connectivity index (χ4v) is 3.33. The molecular formula is C11H17ClN2O2S. The molecule has 0 saturated heterocycles. The zero-order chi connectivity index (χ0) is 13.3. The van der Waals surface area contributed by atoms with Gasteiger partial charge in [0.25, 0.3) is 0 Å². The topological polar surface area (TPSA) is 72.2 Å². The highest BCUT2D eigenvalue weighted by Crippen LogP contribution is 2.23. The minimum absolute atomic E-state index is 0.0753. The Labute approximate surface area is 107 Å². The van der Waals surface area contributed by atoms with Crippen molar-refractivity contribution in [3.05, 3.63) is 28.8 Å². The van der Waals surface area contributed by atoms with E-state index in [0.29, 0.717) is 6.54 Å². The maximum absolute atomic E-state index is 12.0. The molecule has 1 aromatic rings. The Balaban J connectivity index is 3.16. The van der Waals surface area contributed by atoms with Crippen LogP contribution < -0.4 is 10.5 Å². The minimum atomic E-state index is -3.60. The van der Waals surface area contributed by atoms with Gasteiger partial charge in [-0.25, -0.2) is 13.1 Å². The first-order valence-corrected chi connectivity index (χ1v) is 7.04.